The van der Waals surface area contributed by atoms with Gasteiger partial charge in [0, 0.05) is 32.7 Å². The van der Waals surface area contributed by atoms with Gasteiger partial charge in [0.25, 0.3) is 0 Å². The van der Waals surface area contributed by atoms with Gasteiger partial charge < -0.3 is 9.13 Å². The van der Waals surface area contributed by atoms with Crippen LogP contribution in [-0.2, 0) is 6.18 Å². The Morgan fingerprint density at radius 2 is 0.879 bits per heavy atom. The van der Waals surface area contributed by atoms with E-state index in [2.05, 4.69) is 138 Å². The van der Waals surface area contributed by atoms with Crippen molar-refractivity contribution in [2.75, 3.05) is 0 Å². The van der Waals surface area contributed by atoms with Gasteiger partial charge in [0.05, 0.1) is 62.3 Å². The molecule has 2 aromatic heterocycles. The number of benzene rings is 9. The number of hydrogen-bond donors (Lipinski definition) is 0. The van der Waals surface area contributed by atoms with Gasteiger partial charge in [0.2, 0.25) is 0 Å². The molecule has 0 unspecified atom stereocenters. The number of fused-ring (bicyclic) bond motifs is 6. The first kappa shape index (κ1) is 40.1. The van der Waals surface area contributed by atoms with E-state index in [0.29, 0.717) is 16.7 Å². The highest BCUT2D eigenvalue weighted by Gasteiger charge is 2.31. The number of nitriles is 2. The van der Waals surface area contributed by atoms with Gasteiger partial charge in [-0.2, -0.15) is 23.7 Å². The maximum atomic E-state index is 14.0. The highest BCUT2D eigenvalue weighted by atomic mass is 19.4. The first-order valence-corrected chi connectivity index (χ1v) is 21.6. The molecule has 0 aliphatic heterocycles. The second-order valence-corrected chi connectivity index (χ2v) is 16.9. The zero-order chi connectivity index (χ0) is 45.3. The fraction of sp³-hybridized carbons (Fsp3) is 0.0508. The van der Waals surface area contributed by atoms with Crippen molar-refractivity contribution in [2.45, 2.75) is 20.0 Å². The molecule has 7 heteroatoms. The summed E-state index contributed by atoms with van der Waals surface area (Å²) in [6, 6.07) is 65.7. The van der Waals surface area contributed by atoms with Crippen LogP contribution in [0.3, 0.4) is 0 Å². The molecule has 11 aromatic rings. The molecule has 2 heterocycles. The maximum Gasteiger partial charge on any atom is 0.416 e. The van der Waals surface area contributed by atoms with Crippen LogP contribution >= 0.6 is 0 Å². The molecule has 0 N–H and O–H groups in total. The minimum atomic E-state index is -4.61. The number of nitrogens with zero attached hydrogens (tertiary/aromatic N) is 4. The molecule has 4 nitrogen and oxygen atoms in total. The number of aromatic nitrogens is 2. The van der Waals surface area contributed by atoms with Gasteiger partial charge in [-0.25, -0.2) is 0 Å². The highest BCUT2D eigenvalue weighted by molar-refractivity contribution is 6.13. The molecule has 0 aliphatic carbocycles. The lowest BCUT2D eigenvalue weighted by Crippen LogP contribution is -2.05. The summed E-state index contributed by atoms with van der Waals surface area (Å²) in [6.07, 6.45) is -4.61. The van der Waals surface area contributed by atoms with E-state index in [1.165, 1.54) is 11.6 Å². The molecule has 0 atom stereocenters. The normalized spacial score (nSPS) is 11.7. The summed E-state index contributed by atoms with van der Waals surface area (Å²) >= 11 is 0. The lowest BCUT2D eigenvalue weighted by atomic mass is 9.93. The lowest BCUT2D eigenvalue weighted by molar-refractivity contribution is -0.137. The fourth-order valence-electron chi connectivity index (χ4n) is 9.66. The Hall–Kier alpha value is -8.65. The lowest BCUT2D eigenvalue weighted by Gasteiger charge is -2.20. The number of alkyl halides is 3. The molecule has 314 valence electrons. The molecular formula is C59H37F3N4. The quantitative estimate of drug-likeness (QED) is 0.167. The van der Waals surface area contributed by atoms with Crippen LogP contribution in [0.25, 0.3) is 99.5 Å². The summed E-state index contributed by atoms with van der Waals surface area (Å²) < 4.78 is 46.3. The summed E-state index contributed by atoms with van der Waals surface area (Å²) in [5.74, 6) is 0. The molecule has 0 spiro atoms. The number of para-hydroxylation sites is 2. The first-order valence-electron chi connectivity index (χ1n) is 21.6. The third kappa shape index (κ3) is 6.69. The molecule has 0 saturated carbocycles. The Labute approximate surface area is 378 Å². The van der Waals surface area contributed by atoms with Crippen molar-refractivity contribution in [1.82, 2.24) is 9.13 Å². The van der Waals surface area contributed by atoms with Crippen LogP contribution in [0.1, 0.15) is 27.8 Å². The first-order chi connectivity index (χ1) is 32.1. The predicted octanol–water partition coefficient (Wildman–Crippen LogP) is 15.9. The molecule has 0 radical (unpaired) electrons. The third-order valence-electron chi connectivity index (χ3n) is 12.7. The fourth-order valence-corrected chi connectivity index (χ4v) is 9.66. The van der Waals surface area contributed by atoms with E-state index in [1.807, 2.05) is 66.7 Å². The zero-order valence-corrected chi connectivity index (χ0v) is 35.8. The average Bonchev–Trinajstić information content (AvgIpc) is 3.85. The Balaban J connectivity index is 1.21. The smallest absolute Gasteiger partial charge is 0.309 e. The monoisotopic (exact) mass is 858 g/mol. The standard InChI is InChI=1S/C59H37F3N4/c1-36-9-7-11-39(27-36)41-19-25-55-51(31-41)47-13-3-5-15-53(47)65(55)57-29-38(34-63)17-22-49(57)50-23-18-43(46-24-21-45(59(60,61)62)30-44(46)35-64)33-58(50)66-54-16-6-4-14-48(54)52-32-42(20-26-56(52)66)40-12-8-10-37(2)28-40/h3-33H,1-2H3. The SMILES string of the molecule is Cc1cccc(-c2ccc3c(c2)c2ccccc2n3-c2cc(C#N)ccc2-c2ccc(-c3ccc(C(F)(F)F)cc3C#N)cc2-n2c3ccccc3c3cc(-c4cccc(C)c4)ccc32)c1. The highest BCUT2D eigenvalue weighted by Crippen LogP contribution is 2.44. The van der Waals surface area contributed by atoms with Crippen molar-refractivity contribution in [3.05, 3.63) is 216 Å². The van der Waals surface area contributed by atoms with Gasteiger partial charge in [-0.05, 0) is 114 Å². The molecule has 0 aliphatic rings. The van der Waals surface area contributed by atoms with Crippen LogP contribution in [0.4, 0.5) is 13.2 Å². The van der Waals surface area contributed by atoms with Crippen LogP contribution in [0, 0.1) is 36.5 Å². The van der Waals surface area contributed by atoms with Crippen LogP contribution in [-0.4, -0.2) is 9.13 Å². The van der Waals surface area contributed by atoms with Gasteiger partial charge in [0.1, 0.15) is 0 Å². The van der Waals surface area contributed by atoms with Gasteiger partial charge in [-0.3, -0.25) is 0 Å². The van der Waals surface area contributed by atoms with E-state index in [-0.39, 0.29) is 5.56 Å². The van der Waals surface area contributed by atoms with Gasteiger partial charge >= 0.3 is 6.18 Å². The molecule has 9 aromatic carbocycles. The molecule has 0 bridgehead atoms. The van der Waals surface area contributed by atoms with E-state index < -0.39 is 11.7 Å². The topological polar surface area (TPSA) is 57.4 Å². The Morgan fingerprint density at radius 3 is 1.41 bits per heavy atom. The molecule has 0 fully saturated rings. The van der Waals surface area contributed by atoms with Crippen LogP contribution in [0.5, 0.6) is 0 Å². The summed E-state index contributed by atoms with van der Waals surface area (Å²) in [6.45, 7) is 4.17. The van der Waals surface area contributed by atoms with Crippen molar-refractivity contribution in [1.29, 1.82) is 10.5 Å². The van der Waals surface area contributed by atoms with E-state index in [9.17, 15) is 23.7 Å². The molecule has 0 saturated heterocycles. The Morgan fingerprint density at radius 1 is 0.394 bits per heavy atom. The summed E-state index contributed by atoms with van der Waals surface area (Å²) in [7, 11) is 0. The van der Waals surface area contributed by atoms with Gasteiger partial charge in [-0.1, -0.05) is 132 Å². The molecular weight excluding hydrogens is 822 g/mol. The minimum Gasteiger partial charge on any atom is -0.309 e. The van der Waals surface area contributed by atoms with Crippen molar-refractivity contribution in [3.63, 3.8) is 0 Å². The van der Waals surface area contributed by atoms with E-state index in [4.69, 9.17) is 0 Å². The molecule has 0 amide bonds. The van der Waals surface area contributed by atoms with Gasteiger partial charge in [0.15, 0.2) is 0 Å². The number of hydrogen-bond acceptors (Lipinski definition) is 2. The number of rotatable bonds is 6. The minimum absolute atomic E-state index is 0.0806. The molecule has 11 rings (SSSR count). The van der Waals surface area contributed by atoms with Crippen molar-refractivity contribution in [3.8, 4) is 68.0 Å². The largest absolute Gasteiger partial charge is 0.416 e. The van der Waals surface area contributed by atoms with Crippen LogP contribution in [0.2, 0.25) is 0 Å². The average molecular weight is 859 g/mol. The summed E-state index contributed by atoms with van der Waals surface area (Å²) in [5, 5.41) is 24.9. The second kappa shape index (κ2) is 15.6. The van der Waals surface area contributed by atoms with E-state index in [1.54, 1.807) is 0 Å². The van der Waals surface area contributed by atoms with E-state index in [0.717, 1.165) is 106 Å². The Bertz CT molecular complexity index is 3870. The summed E-state index contributed by atoms with van der Waals surface area (Å²) in [4.78, 5) is 0. The van der Waals surface area contributed by atoms with Crippen LogP contribution < -0.4 is 0 Å². The number of aryl methyl sites for hydroxylation is 2. The van der Waals surface area contributed by atoms with Gasteiger partial charge in [-0.15, -0.1) is 0 Å². The van der Waals surface area contributed by atoms with Crippen molar-refractivity contribution < 1.29 is 13.2 Å². The Kier molecular flexibility index (Phi) is 9.46. The van der Waals surface area contributed by atoms with Crippen molar-refractivity contribution in [2.24, 2.45) is 0 Å². The van der Waals surface area contributed by atoms with Crippen LogP contribution in [0.15, 0.2) is 188 Å². The third-order valence-corrected chi connectivity index (χ3v) is 12.7. The van der Waals surface area contributed by atoms with Crippen molar-refractivity contribution >= 4 is 43.6 Å². The summed E-state index contributed by atoms with van der Waals surface area (Å²) in [5.41, 5.74) is 14.2. The predicted molar refractivity (Wildman–Crippen MR) is 261 cm³/mol. The number of halogens is 3. The maximum absolute atomic E-state index is 14.0. The van der Waals surface area contributed by atoms with E-state index >= 15 is 0 Å². The molecule has 66 heavy (non-hydrogen) atoms. The second-order valence-electron chi connectivity index (χ2n) is 16.9. The zero-order valence-electron chi connectivity index (χ0n) is 35.8.